The Labute approximate surface area is 180 Å². The van der Waals surface area contributed by atoms with Gasteiger partial charge >= 0.3 is 0 Å². The lowest BCUT2D eigenvalue weighted by molar-refractivity contribution is 0.251. The van der Waals surface area contributed by atoms with E-state index in [-0.39, 0.29) is 11.6 Å². The van der Waals surface area contributed by atoms with Gasteiger partial charge in [-0.3, -0.25) is 0 Å². The highest BCUT2D eigenvalue weighted by molar-refractivity contribution is 6.08. The summed E-state index contributed by atoms with van der Waals surface area (Å²) >= 11 is 0. The Kier molecular flexibility index (Phi) is 8.80. The summed E-state index contributed by atoms with van der Waals surface area (Å²) in [5.41, 5.74) is 0. The Bertz CT molecular complexity index is 935. The Balaban J connectivity index is 1.78. The fourth-order valence-electron chi connectivity index (χ4n) is 3.87. The zero-order chi connectivity index (χ0) is 21.2. The van der Waals surface area contributed by atoms with Crippen LogP contribution in [0.4, 0.5) is 4.39 Å². The minimum Gasteiger partial charge on any atom is -0.490 e. The van der Waals surface area contributed by atoms with Crippen molar-refractivity contribution < 1.29 is 13.9 Å². The second kappa shape index (κ2) is 11.8. The molecule has 0 aliphatic carbocycles. The Morgan fingerprint density at radius 3 is 2.17 bits per heavy atom. The molecule has 0 aliphatic heterocycles. The normalized spacial score (nSPS) is 11.3. The summed E-state index contributed by atoms with van der Waals surface area (Å²) in [7, 11) is 0. The van der Waals surface area contributed by atoms with Gasteiger partial charge in [0.15, 0.2) is 17.3 Å². The molecule has 3 aromatic carbocycles. The van der Waals surface area contributed by atoms with Crippen molar-refractivity contribution in [1.29, 1.82) is 0 Å². The second-order valence-corrected chi connectivity index (χ2v) is 8.07. The molecule has 0 heterocycles. The molecule has 0 amide bonds. The van der Waals surface area contributed by atoms with Gasteiger partial charge in [-0.25, -0.2) is 4.39 Å². The quantitative estimate of drug-likeness (QED) is 0.208. The summed E-state index contributed by atoms with van der Waals surface area (Å²) in [6.45, 7) is 5.43. The molecular formula is C27H35FO2. The number of rotatable bonds is 13. The van der Waals surface area contributed by atoms with Gasteiger partial charge in [-0.15, -0.1) is 0 Å². The first-order valence-electron chi connectivity index (χ1n) is 11.7. The first kappa shape index (κ1) is 22.4. The van der Waals surface area contributed by atoms with Crippen LogP contribution < -0.4 is 9.47 Å². The van der Waals surface area contributed by atoms with Crippen molar-refractivity contribution in [3.63, 3.8) is 0 Å². The topological polar surface area (TPSA) is 18.5 Å². The Hall–Kier alpha value is -2.29. The minimum absolute atomic E-state index is 0.258. The van der Waals surface area contributed by atoms with Crippen LogP contribution in [0.5, 0.6) is 11.5 Å². The van der Waals surface area contributed by atoms with Gasteiger partial charge in [-0.1, -0.05) is 95.2 Å². The summed E-state index contributed by atoms with van der Waals surface area (Å²) in [5.74, 6) is 0.469. The van der Waals surface area contributed by atoms with Crippen molar-refractivity contribution in [3.8, 4) is 11.5 Å². The highest BCUT2D eigenvalue weighted by Gasteiger charge is 2.18. The van der Waals surface area contributed by atoms with E-state index in [2.05, 4.69) is 19.9 Å². The molecule has 0 atom stereocenters. The first-order chi connectivity index (χ1) is 14.8. The van der Waals surface area contributed by atoms with Gasteiger partial charge in [0.05, 0.1) is 13.2 Å². The van der Waals surface area contributed by atoms with Gasteiger partial charge in [0.2, 0.25) is 0 Å². The summed E-state index contributed by atoms with van der Waals surface area (Å²) in [5, 5.41) is 3.60. The van der Waals surface area contributed by atoms with Gasteiger partial charge in [0, 0.05) is 5.39 Å². The third-order valence-corrected chi connectivity index (χ3v) is 5.66. The van der Waals surface area contributed by atoms with E-state index in [4.69, 9.17) is 9.47 Å². The van der Waals surface area contributed by atoms with E-state index in [1.165, 1.54) is 32.1 Å². The number of ether oxygens (including phenoxy) is 2. The second-order valence-electron chi connectivity index (χ2n) is 8.07. The van der Waals surface area contributed by atoms with Crippen LogP contribution in [0.2, 0.25) is 0 Å². The maximum absolute atomic E-state index is 15.4. The molecule has 3 rings (SSSR count). The fourth-order valence-corrected chi connectivity index (χ4v) is 3.87. The van der Waals surface area contributed by atoms with E-state index in [0.29, 0.717) is 24.3 Å². The van der Waals surface area contributed by atoms with Crippen LogP contribution in [0.15, 0.2) is 42.5 Å². The van der Waals surface area contributed by atoms with Crippen LogP contribution in [-0.4, -0.2) is 13.2 Å². The van der Waals surface area contributed by atoms with E-state index in [9.17, 15) is 0 Å². The van der Waals surface area contributed by atoms with Gasteiger partial charge in [-0.05, 0) is 35.1 Å². The molecule has 0 saturated carbocycles. The summed E-state index contributed by atoms with van der Waals surface area (Å²) in [6, 6.07) is 13.9. The van der Waals surface area contributed by atoms with Crippen LogP contribution in [0.1, 0.15) is 71.6 Å². The SMILES string of the molecule is CCCCCCCCCOc1cc2c(ccc3ccccc32)c(F)c1OCCCC. The van der Waals surface area contributed by atoms with Crippen molar-refractivity contribution in [3.05, 3.63) is 48.3 Å². The molecule has 3 aromatic rings. The van der Waals surface area contributed by atoms with Crippen LogP contribution in [-0.2, 0) is 0 Å². The van der Waals surface area contributed by atoms with Gasteiger partial charge in [0.25, 0.3) is 0 Å². The van der Waals surface area contributed by atoms with E-state index in [1.54, 1.807) is 0 Å². The molecule has 0 fully saturated rings. The number of benzene rings is 3. The molecule has 0 aliphatic rings. The van der Waals surface area contributed by atoms with Crippen LogP contribution in [0.3, 0.4) is 0 Å². The Morgan fingerprint density at radius 2 is 1.37 bits per heavy atom. The van der Waals surface area contributed by atoms with Crippen molar-refractivity contribution in [2.45, 2.75) is 71.6 Å². The van der Waals surface area contributed by atoms with Gasteiger partial charge in [0.1, 0.15) is 0 Å². The predicted octanol–water partition coefficient (Wildman–Crippen LogP) is 8.44. The van der Waals surface area contributed by atoms with Crippen molar-refractivity contribution >= 4 is 21.5 Å². The summed E-state index contributed by atoms with van der Waals surface area (Å²) < 4.78 is 27.3. The fraction of sp³-hybridized carbons (Fsp3) is 0.481. The molecule has 30 heavy (non-hydrogen) atoms. The molecule has 2 nitrogen and oxygen atoms in total. The lowest BCUT2D eigenvalue weighted by Crippen LogP contribution is -2.05. The number of hydrogen-bond acceptors (Lipinski definition) is 2. The smallest absolute Gasteiger partial charge is 0.197 e. The molecule has 0 aromatic heterocycles. The van der Waals surface area contributed by atoms with Crippen LogP contribution >= 0.6 is 0 Å². The van der Waals surface area contributed by atoms with Crippen LogP contribution in [0, 0.1) is 5.82 Å². The average Bonchev–Trinajstić information content (AvgIpc) is 2.77. The molecule has 0 radical (unpaired) electrons. The zero-order valence-electron chi connectivity index (χ0n) is 18.5. The summed E-state index contributed by atoms with van der Waals surface area (Å²) in [4.78, 5) is 0. The standard InChI is InChI=1S/C27H35FO2/c1-3-5-7-8-9-10-13-19-29-25-20-24-22-15-12-11-14-21(22)16-17-23(24)26(28)27(25)30-18-6-4-2/h11-12,14-17,20H,3-10,13,18-19H2,1-2H3. The maximum Gasteiger partial charge on any atom is 0.197 e. The van der Waals surface area contributed by atoms with Crippen molar-refractivity contribution in [2.75, 3.05) is 13.2 Å². The molecule has 0 saturated heterocycles. The summed E-state index contributed by atoms with van der Waals surface area (Å²) in [6.07, 6.45) is 10.5. The lowest BCUT2D eigenvalue weighted by Gasteiger charge is -2.16. The third kappa shape index (κ3) is 5.65. The molecule has 0 bridgehead atoms. The predicted molar refractivity (Wildman–Crippen MR) is 125 cm³/mol. The van der Waals surface area contributed by atoms with Crippen molar-refractivity contribution in [1.82, 2.24) is 0 Å². The van der Waals surface area contributed by atoms with E-state index in [1.807, 2.05) is 36.4 Å². The number of fused-ring (bicyclic) bond motifs is 3. The number of halogens is 1. The van der Waals surface area contributed by atoms with E-state index >= 15 is 4.39 Å². The largest absolute Gasteiger partial charge is 0.490 e. The van der Waals surface area contributed by atoms with Gasteiger partial charge in [-0.2, -0.15) is 0 Å². The molecule has 0 unspecified atom stereocenters. The molecule has 0 N–H and O–H groups in total. The maximum atomic E-state index is 15.4. The highest BCUT2D eigenvalue weighted by Crippen LogP contribution is 2.39. The third-order valence-electron chi connectivity index (χ3n) is 5.66. The van der Waals surface area contributed by atoms with Crippen molar-refractivity contribution in [2.24, 2.45) is 0 Å². The average molecular weight is 411 g/mol. The number of unbranched alkanes of at least 4 members (excludes halogenated alkanes) is 7. The van der Waals surface area contributed by atoms with Crippen LogP contribution in [0.25, 0.3) is 21.5 Å². The highest BCUT2D eigenvalue weighted by atomic mass is 19.1. The molecule has 3 heteroatoms. The van der Waals surface area contributed by atoms with Gasteiger partial charge < -0.3 is 9.47 Å². The molecular weight excluding hydrogens is 375 g/mol. The van der Waals surface area contributed by atoms with E-state index < -0.39 is 0 Å². The number of hydrogen-bond donors (Lipinski definition) is 0. The monoisotopic (exact) mass is 410 g/mol. The minimum atomic E-state index is -0.316. The lowest BCUT2D eigenvalue weighted by atomic mass is 10.0. The Morgan fingerprint density at radius 1 is 0.667 bits per heavy atom. The molecule has 0 spiro atoms. The van der Waals surface area contributed by atoms with E-state index in [0.717, 1.165) is 41.8 Å². The first-order valence-corrected chi connectivity index (χ1v) is 11.7. The zero-order valence-corrected chi connectivity index (χ0v) is 18.5. The molecule has 162 valence electrons.